The van der Waals surface area contributed by atoms with Gasteiger partial charge in [0.25, 0.3) is 0 Å². The second-order valence-electron chi connectivity index (χ2n) is 2.96. The van der Waals surface area contributed by atoms with Gasteiger partial charge in [-0.3, -0.25) is 0 Å². The van der Waals surface area contributed by atoms with Crippen molar-refractivity contribution >= 4 is 24.2 Å². The van der Waals surface area contributed by atoms with Crippen LogP contribution < -0.4 is 5.32 Å². The van der Waals surface area contributed by atoms with Crippen LogP contribution in [-0.4, -0.2) is 6.54 Å². The highest BCUT2D eigenvalue weighted by Gasteiger charge is 2.12. The summed E-state index contributed by atoms with van der Waals surface area (Å²) in [5.74, 6) is 0. The first-order valence-corrected chi connectivity index (χ1v) is 4.81. The maximum absolute atomic E-state index is 5.94. The van der Waals surface area contributed by atoms with Crippen LogP contribution in [0.25, 0.3) is 0 Å². The predicted octanol–water partition coefficient (Wildman–Crippen LogP) is 2.27. The first kappa shape index (κ1) is 8.42. The molecule has 1 aromatic rings. The SMILES string of the molecule is Sc1c(Cl)ccc2c1CNCC2. The fourth-order valence-electron chi connectivity index (χ4n) is 1.52. The minimum absolute atomic E-state index is 0.751. The molecule has 1 aliphatic heterocycles. The Balaban J connectivity index is 2.54. The van der Waals surface area contributed by atoms with E-state index < -0.39 is 0 Å². The molecule has 0 atom stereocenters. The highest BCUT2D eigenvalue weighted by molar-refractivity contribution is 7.80. The lowest BCUT2D eigenvalue weighted by Gasteiger charge is -2.19. The van der Waals surface area contributed by atoms with Crippen LogP contribution in [0.1, 0.15) is 11.1 Å². The number of nitrogens with one attached hydrogen (secondary N) is 1. The van der Waals surface area contributed by atoms with Crippen LogP contribution in [0.15, 0.2) is 17.0 Å². The zero-order valence-electron chi connectivity index (χ0n) is 6.60. The van der Waals surface area contributed by atoms with E-state index in [0.717, 1.165) is 29.4 Å². The minimum atomic E-state index is 0.751. The van der Waals surface area contributed by atoms with Crippen LogP contribution in [0.4, 0.5) is 0 Å². The van der Waals surface area contributed by atoms with Crippen molar-refractivity contribution in [2.45, 2.75) is 17.9 Å². The second-order valence-corrected chi connectivity index (χ2v) is 3.81. The average Bonchev–Trinajstić information content (AvgIpc) is 2.12. The Morgan fingerprint density at radius 2 is 2.25 bits per heavy atom. The van der Waals surface area contributed by atoms with Crippen molar-refractivity contribution in [3.05, 3.63) is 28.3 Å². The molecule has 64 valence electrons. The maximum atomic E-state index is 5.94. The maximum Gasteiger partial charge on any atom is 0.0542 e. The number of benzene rings is 1. The van der Waals surface area contributed by atoms with Crippen LogP contribution in [0, 0.1) is 0 Å². The van der Waals surface area contributed by atoms with Gasteiger partial charge in [0.15, 0.2) is 0 Å². The summed E-state index contributed by atoms with van der Waals surface area (Å²) in [7, 11) is 0. The van der Waals surface area contributed by atoms with Crippen molar-refractivity contribution < 1.29 is 0 Å². The first-order valence-electron chi connectivity index (χ1n) is 3.99. The third-order valence-electron chi connectivity index (χ3n) is 2.20. The summed E-state index contributed by atoms with van der Waals surface area (Å²) >= 11 is 10.3. The van der Waals surface area contributed by atoms with Gasteiger partial charge in [0, 0.05) is 11.4 Å². The van der Waals surface area contributed by atoms with Gasteiger partial charge < -0.3 is 5.32 Å². The summed E-state index contributed by atoms with van der Waals surface area (Å²) < 4.78 is 0. The van der Waals surface area contributed by atoms with E-state index >= 15 is 0 Å². The van der Waals surface area contributed by atoms with Gasteiger partial charge in [-0.1, -0.05) is 17.7 Å². The van der Waals surface area contributed by atoms with E-state index in [-0.39, 0.29) is 0 Å². The molecule has 3 heteroatoms. The van der Waals surface area contributed by atoms with Gasteiger partial charge >= 0.3 is 0 Å². The molecular formula is C9H10ClNS. The molecule has 0 saturated carbocycles. The summed E-state index contributed by atoms with van der Waals surface area (Å²) in [5.41, 5.74) is 2.64. The molecule has 0 aliphatic carbocycles. The number of fused-ring (bicyclic) bond motifs is 1. The molecule has 0 fully saturated rings. The van der Waals surface area contributed by atoms with Crippen molar-refractivity contribution in [1.29, 1.82) is 0 Å². The summed E-state index contributed by atoms with van der Waals surface area (Å²) in [6.07, 6.45) is 1.08. The molecule has 0 spiro atoms. The molecule has 1 aliphatic rings. The fourth-order valence-corrected chi connectivity index (χ4v) is 1.99. The quantitative estimate of drug-likeness (QED) is 0.611. The molecule has 0 aromatic heterocycles. The number of halogens is 1. The Kier molecular flexibility index (Phi) is 2.31. The average molecular weight is 200 g/mol. The zero-order chi connectivity index (χ0) is 8.55. The fraction of sp³-hybridized carbons (Fsp3) is 0.333. The molecule has 0 bridgehead atoms. The van der Waals surface area contributed by atoms with E-state index in [1.54, 1.807) is 0 Å². The van der Waals surface area contributed by atoms with Crippen molar-refractivity contribution in [2.75, 3.05) is 6.54 Å². The molecule has 1 nitrogen and oxygen atoms in total. The smallest absolute Gasteiger partial charge is 0.0542 e. The Bertz CT molecular complexity index is 312. The van der Waals surface area contributed by atoms with Crippen molar-refractivity contribution in [1.82, 2.24) is 5.32 Å². The third-order valence-corrected chi connectivity index (χ3v) is 3.16. The predicted molar refractivity (Wildman–Crippen MR) is 54.1 cm³/mol. The number of hydrogen-bond donors (Lipinski definition) is 2. The summed E-state index contributed by atoms with van der Waals surface area (Å²) in [5, 5.41) is 4.05. The molecule has 12 heavy (non-hydrogen) atoms. The van der Waals surface area contributed by atoms with Gasteiger partial charge in [-0.25, -0.2) is 0 Å². The van der Waals surface area contributed by atoms with Crippen molar-refractivity contribution in [3.8, 4) is 0 Å². The van der Waals surface area contributed by atoms with E-state index in [2.05, 4.69) is 24.0 Å². The van der Waals surface area contributed by atoms with Gasteiger partial charge in [0.2, 0.25) is 0 Å². The highest BCUT2D eigenvalue weighted by Crippen LogP contribution is 2.28. The van der Waals surface area contributed by atoms with E-state index in [1.165, 1.54) is 11.1 Å². The van der Waals surface area contributed by atoms with Crippen LogP contribution in [-0.2, 0) is 13.0 Å². The van der Waals surface area contributed by atoms with Crippen LogP contribution in [0.2, 0.25) is 5.02 Å². The van der Waals surface area contributed by atoms with Crippen LogP contribution in [0.3, 0.4) is 0 Å². The molecule has 2 rings (SSSR count). The van der Waals surface area contributed by atoms with E-state index in [4.69, 9.17) is 11.6 Å². The van der Waals surface area contributed by atoms with Crippen LogP contribution >= 0.6 is 24.2 Å². The van der Waals surface area contributed by atoms with E-state index in [9.17, 15) is 0 Å². The lowest BCUT2D eigenvalue weighted by Crippen LogP contribution is -2.23. The molecule has 1 aromatic carbocycles. The number of rotatable bonds is 0. The lowest BCUT2D eigenvalue weighted by molar-refractivity contribution is 0.635. The monoisotopic (exact) mass is 199 g/mol. The largest absolute Gasteiger partial charge is 0.312 e. The van der Waals surface area contributed by atoms with Gasteiger partial charge in [-0.05, 0) is 30.2 Å². The highest BCUT2D eigenvalue weighted by atomic mass is 35.5. The Labute approximate surface area is 82.5 Å². The topological polar surface area (TPSA) is 12.0 Å². The summed E-state index contributed by atoms with van der Waals surface area (Å²) in [6, 6.07) is 4.02. The summed E-state index contributed by atoms with van der Waals surface area (Å²) in [6.45, 7) is 1.95. The molecule has 0 amide bonds. The van der Waals surface area contributed by atoms with Crippen molar-refractivity contribution in [2.24, 2.45) is 0 Å². The molecule has 0 radical (unpaired) electrons. The Morgan fingerprint density at radius 1 is 1.42 bits per heavy atom. The third kappa shape index (κ3) is 1.35. The van der Waals surface area contributed by atoms with E-state index in [1.807, 2.05) is 6.07 Å². The normalized spacial score (nSPS) is 15.8. The Morgan fingerprint density at radius 3 is 3.08 bits per heavy atom. The minimum Gasteiger partial charge on any atom is -0.312 e. The molecule has 1 N–H and O–H groups in total. The standard InChI is InChI=1S/C9H10ClNS/c10-8-2-1-6-3-4-11-5-7(6)9(8)12/h1-2,11-12H,3-5H2. The number of hydrogen-bond acceptors (Lipinski definition) is 2. The van der Waals surface area contributed by atoms with Gasteiger partial charge in [0.05, 0.1) is 5.02 Å². The first-order chi connectivity index (χ1) is 5.79. The van der Waals surface area contributed by atoms with Gasteiger partial charge in [-0.2, -0.15) is 0 Å². The molecule has 0 saturated heterocycles. The Hall–Kier alpha value is -0.180. The van der Waals surface area contributed by atoms with E-state index in [0.29, 0.717) is 0 Å². The molecule has 0 unspecified atom stereocenters. The van der Waals surface area contributed by atoms with Gasteiger partial charge in [0.1, 0.15) is 0 Å². The number of thiol groups is 1. The summed E-state index contributed by atoms with van der Waals surface area (Å²) in [4.78, 5) is 0.932. The van der Waals surface area contributed by atoms with Gasteiger partial charge in [-0.15, -0.1) is 12.6 Å². The second kappa shape index (κ2) is 3.29. The molecular weight excluding hydrogens is 190 g/mol. The lowest BCUT2D eigenvalue weighted by atomic mass is 10.0. The molecule has 1 heterocycles. The van der Waals surface area contributed by atoms with Crippen molar-refractivity contribution in [3.63, 3.8) is 0 Å². The van der Waals surface area contributed by atoms with Crippen LogP contribution in [0.5, 0.6) is 0 Å². The zero-order valence-corrected chi connectivity index (χ0v) is 8.25.